The number of nitrogens with zero attached hydrogens (tertiary/aromatic N) is 2. The van der Waals surface area contributed by atoms with Crippen molar-refractivity contribution in [2.45, 2.75) is 19.3 Å². The number of hydrogen-bond donors (Lipinski definition) is 0. The summed E-state index contributed by atoms with van der Waals surface area (Å²) in [6, 6.07) is 8.44. The van der Waals surface area contributed by atoms with Crippen molar-refractivity contribution in [2.75, 3.05) is 18.6 Å². The van der Waals surface area contributed by atoms with Crippen molar-refractivity contribution in [3.63, 3.8) is 0 Å². The third-order valence-corrected chi connectivity index (χ3v) is 4.38. The van der Waals surface area contributed by atoms with Gasteiger partial charge >= 0.3 is 5.97 Å². The Labute approximate surface area is 122 Å². The summed E-state index contributed by atoms with van der Waals surface area (Å²) in [4.78, 5) is 18.0. The van der Waals surface area contributed by atoms with Crippen molar-refractivity contribution in [2.24, 2.45) is 0 Å². The van der Waals surface area contributed by atoms with Gasteiger partial charge < -0.3 is 9.64 Å². The topological polar surface area (TPSA) is 42.4 Å². The zero-order valence-electron chi connectivity index (χ0n) is 11.3. The third-order valence-electron chi connectivity index (χ3n) is 3.47. The van der Waals surface area contributed by atoms with E-state index in [1.807, 2.05) is 5.38 Å². The van der Waals surface area contributed by atoms with Crippen LogP contribution in [0.1, 0.15) is 17.7 Å². The van der Waals surface area contributed by atoms with Gasteiger partial charge in [0.05, 0.1) is 19.2 Å². The van der Waals surface area contributed by atoms with E-state index in [2.05, 4.69) is 38.9 Å². The summed E-state index contributed by atoms with van der Waals surface area (Å²) in [6.45, 7) is 0.975. The number of hydrogen-bond acceptors (Lipinski definition) is 5. The van der Waals surface area contributed by atoms with Gasteiger partial charge in [-0.2, -0.15) is 0 Å². The molecule has 0 atom stereocenters. The van der Waals surface area contributed by atoms with Crippen LogP contribution in [-0.4, -0.2) is 24.6 Å². The maximum atomic E-state index is 11.2. The van der Waals surface area contributed by atoms with Gasteiger partial charge in [0.25, 0.3) is 0 Å². The molecule has 1 aromatic carbocycles. The first-order chi connectivity index (χ1) is 9.78. The minimum Gasteiger partial charge on any atom is -0.469 e. The zero-order valence-corrected chi connectivity index (χ0v) is 12.2. The Balaban J connectivity index is 1.73. The summed E-state index contributed by atoms with van der Waals surface area (Å²) in [6.07, 6.45) is 2.09. The molecule has 1 aliphatic rings. The average molecular weight is 288 g/mol. The first-order valence-corrected chi connectivity index (χ1v) is 7.52. The molecule has 1 aliphatic heterocycles. The Morgan fingerprint density at radius 1 is 1.45 bits per heavy atom. The molecule has 0 spiro atoms. The van der Waals surface area contributed by atoms with Crippen LogP contribution in [-0.2, 0) is 22.4 Å². The molecule has 0 N–H and O–H groups in total. The van der Waals surface area contributed by atoms with Crippen molar-refractivity contribution in [3.05, 3.63) is 40.9 Å². The van der Waals surface area contributed by atoms with Crippen LogP contribution in [0.5, 0.6) is 0 Å². The second-order valence-corrected chi connectivity index (χ2v) is 5.56. The predicted molar refractivity (Wildman–Crippen MR) is 79.6 cm³/mol. The van der Waals surface area contributed by atoms with Gasteiger partial charge in [-0.3, -0.25) is 4.79 Å². The van der Waals surface area contributed by atoms with Crippen molar-refractivity contribution < 1.29 is 9.53 Å². The molecule has 0 unspecified atom stereocenters. The Kier molecular flexibility index (Phi) is 3.69. The first kappa shape index (κ1) is 13.1. The summed E-state index contributed by atoms with van der Waals surface area (Å²) in [5.41, 5.74) is 3.58. The lowest BCUT2D eigenvalue weighted by atomic mass is 10.2. The van der Waals surface area contributed by atoms with Gasteiger partial charge in [0.15, 0.2) is 5.13 Å². The number of esters is 1. The maximum Gasteiger partial charge on any atom is 0.305 e. The minimum atomic E-state index is -0.189. The van der Waals surface area contributed by atoms with Gasteiger partial charge in [-0.05, 0) is 18.1 Å². The molecule has 0 fully saturated rings. The number of benzene rings is 1. The molecule has 0 radical (unpaired) electrons. The molecular formula is C15H16N2O2S. The molecule has 2 aromatic rings. The number of rotatable bonds is 4. The van der Waals surface area contributed by atoms with Crippen LogP contribution in [0.15, 0.2) is 29.6 Å². The SMILES string of the molecule is COC(=O)CCc1csc(N2CCc3ccccc32)n1. The summed E-state index contributed by atoms with van der Waals surface area (Å²) in [5, 5.41) is 3.04. The fraction of sp³-hybridized carbons (Fsp3) is 0.333. The summed E-state index contributed by atoms with van der Waals surface area (Å²) >= 11 is 1.63. The van der Waals surface area contributed by atoms with Crippen LogP contribution in [0, 0.1) is 0 Å². The number of aryl methyl sites for hydroxylation is 1. The highest BCUT2D eigenvalue weighted by Crippen LogP contribution is 2.35. The van der Waals surface area contributed by atoms with E-state index in [4.69, 9.17) is 0 Å². The number of ether oxygens (including phenoxy) is 1. The van der Waals surface area contributed by atoms with Crippen molar-refractivity contribution in [3.8, 4) is 0 Å². The second kappa shape index (κ2) is 5.63. The van der Waals surface area contributed by atoms with Crippen LogP contribution in [0.2, 0.25) is 0 Å². The molecule has 4 nitrogen and oxygen atoms in total. The number of aromatic nitrogens is 1. The zero-order chi connectivity index (χ0) is 13.9. The molecule has 0 bridgehead atoms. The lowest BCUT2D eigenvalue weighted by molar-refractivity contribution is -0.140. The van der Waals surface area contributed by atoms with E-state index in [0.29, 0.717) is 12.8 Å². The molecule has 104 valence electrons. The van der Waals surface area contributed by atoms with Crippen LogP contribution in [0.4, 0.5) is 10.8 Å². The van der Waals surface area contributed by atoms with Crippen molar-refractivity contribution in [1.82, 2.24) is 4.98 Å². The predicted octanol–water partition coefficient (Wildman–Crippen LogP) is 2.94. The first-order valence-electron chi connectivity index (χ1n) is 6.64. The molecule has 1 aromatic heterocycles. The van der Waals surface area contributed by atoms with Gasteiger partial charge in [0.2, 0.25) is 0 Å². The van der Waals surface area contributed by atoms with Crippen molar-refractivity contribution >= 4 is 28.1 Å². The van der Waals surface area contributed by atoms with Gasteiger partial charge in [0, 0.05) is 24.0 Å². The minimum absolute atomic E-state index is 0.189. The van der Waals surface area contributed by atoms with E-state index in [9.17, 15) is 4.79 Å². The largest absolute Gasteiger partial charge is 0.469 e. The van der Waals surface area contributed by atoms with Gasteiger partial charge in [-0.15, -0.1) is 11.3 Å². The van der Waals surface area contributed by atoms with E-state index >= 15 is 0 Å². The lowest BCUT2D eigenvalue weighted by Gasteiger charge is -2.15. The number of carbonyl (C=O) groups is 1. The number of carbonyl (C=O) groups excluding carboxylic acids is 1. The maximum absolute atomic E-state index is 11.2. The van der Waals surface area contributed by atoms with E-state index in [1.54, 1.807) is 11.3 Å². The quantitative estimate of drug-likeness (QED) is 0.811. The standard InChI is InChI=1S/C15H16N2O2S/c1-19-14(18)7-6-12-10-20-15(16-12)17-9-8-11-4-2-3-5-13(11)17/h2-5,10H,6-9H2,1H3. The second-order valence-electron chi connectivity index (χ2n) is 4.73. The van der Waals surface area contributed by atoms with E-state index in [-0.39, 0.29) is 5.97 Å². The van der Waals surface area contributed by atoms with Crippen LogP contribution >= 0.6 is 11.3 Å². The Bertz CT molecular complexity index is 624. The molecule has 3 rings (SSSR count). The molecule has 5 heteroatoms. The Morgan fingerprint density at radius 3 is 3.15 bits per heavy atom. The normalized spacial score (nSPS) is 13.3. The van der Waals surface area contributed by atoms with Gasteiger partial charge in [0.1, 0.15) is 0 Å². The van der Waals surface area contributed by atoms with Gasteiger partial charge in [-0.25, -0.2) is 4.98 Å². The average Bonchev–Trinajstić information content (AvgIpc) is 3.10. The molecule has 0 amide bonds. The number of methoxy groups -OCH3 is 1. The molecule has 0 aliphatic carbocycles. The van der Waals surface area contributed by atoms with Crippen LogP contribution in [0.3, 0.4) is 0 Å². The monoisotopic (exact) mass is 288 g/mol. The van der Waals surface area contributed by atoms with E-state index in [0.717, 1.165) is 23.8 Å². The summed E-state index contributed by atoms with van der Waals surface area (Å²) < 4.78 is 4.65. The highest BCUT2D eigenvalue weighted by atomic mass is 32.1. The molecule has 0 saturated heterocycles. The van der Waals surface area contributed by atoms with Crippen LogP contribution < -0.4 is 4.90 Å². The Morgan fingerprint density at radius 2 is 2.30 bits per heavy atom. The summed E-state index contributed by atoms with van der Waals surface area (Å²) in [5.74, 6) is -0.189. The Hall–Kier alpha value is -1.88. The van der Waals surface area contributed by atoms with E-state index in [1.165, 1.54) is 18.4 Å². The molecule has 20 heavy (non-hydrogen) atoms. The number of thiazole rings is 1. The fourth-order valence-corrected chi connectivity index (χ4v) is 3.30. The highest BCUT2D eigenvalue weighted by Gasteiger charge is 2.22. The number of para-hydroxylation sites is 1. The molecular weight excluding hydrogens is 272 g/mol. The smallest absolute Gasteiger partial charge is 0.305 e. The molecule has 0 saturated carbocycles. The number of fused-ring (bicyclic) bond motifs is 1. The highest BCUT2D eigenvalue weighted by molar-refractivity contribution is 7.13. The number of anilines is 2. The van der Waals surface area contributed by atoms with Gasteiger partial charge in [-0.1, -0.05) is 18.2 Å². The fourth-order valence-electron chi connectivity index (χ4n) is 2.40. The lowest BCUT2D eigenvalue weighted by Crippen LogP contribution is -2.13. The van der Waals surface area contributed by atoms with E-state index < -0.39 is 0 Å². The van der Waals surface area contributed by atoms with Crippen molar-refractivity contribution in [1.29, 1.82) is 0 Å². The third kappa shape index (κ3) is 2.54. The molecule has 2 heterocycles. The summed E-state index contributed by atoms with van der Waals surface area (Å²) in [7, 11) is 1.41. The van der Waals surface area contributed by atoms with Crippen LogP contribution in [0.25, 0.3) is 0 Å².